The van der Waals surface area contributed by atoms with Gasteiger partial charge in [0.15, 0.2) is 0 Å². The van der Waals surface area contributed by atoms with Crippen LogP contribution in [0.15, 0.2) is 42.2 Å². The molecular formula is C22H21Br4O5W-. The zero-order valence-corrected chi connectivity index (χ0v) is 26.1. The number of rotatable bonds is 9. The number of carbonyl (C=O) groups is 1. The fourth-order valence-corrected chi connectivity index (χ4v) is 5.51. The molecule has 0 fully saturated rings. The Morgan fingerprint density at radius 2 is 1.28 bits per heavy atom. The first-order valence-electron chi connectivity index (χ1n) is 8.84. The summed E-state index contributed by atoms with van der Waals surface area (Å²) >= 11 is 14.1. The number of hydrogen-bond donors (Lipinski definition) is 2. The monoisotopic (exact) mass is 865 g/mol. The Labute approximate surface area is 236 Å². The molecule has 2 aromatic carbocycles. The molecule has 0 amide bonds. The molecule has 0 aliphatic carbocycles. The zero-order chi connectivity index (χ0) is 23.6. The molecule has 0 spiro atoms. The Kier molecular flexibility index (Phi) is 16.3. The fourth-order valence-electron chi connectivity index (χ4n) is 2.49. The van der Waals surface area contributed by atoms with Gasteiger partial charge in [-0.15, -0.1) is 12.3 Å². The molecule has 10 heteroatoms. The van der Waals surface area contributed by atoms with Gasteiger partial charge in [0.25, 0.3) is 0 Å². The van der Waals surface area contributed by atoms with Gasteiger partial charge in [-0.3, -0.25) is 0 Å². The summed E-state index contributed by atoms with van der Waals surface area (Å²) < 4.78 is 14.4. The summed E-state index contributed by atoms with van der Waals surface area (Å²) in [5.41, 5.74) is 2.11. The summed E-state index contributed by atoms with van der Waals surface area (Å²) in [6.07, 6.45) is 4.61. The van der Waals surface area contributed by atoms with Crippen LogP contribution in [0.5, 0.6) is 11.5 Å². The van der Waals surface area contributed by atoms with Crippen LogP contribution >= 0.6 is 63.7 Å². The van der Waals surface area contributed by atoms with Crippen molar-refractivity contribution < 1.29 is 45.5 Å². The maximum absolute atomic E-state index is 9.75. The van der Waals surface area contributed by atoms with Crippen molar-refractivity contribution in [2.24, 2.45) is 0 Å². The Morgan fingerprint density at radius 1 is 0.906 bits per heavy atom. The maximum Gasteiger partial charge on any atom is 0.147 e. The fraction of sp³-hybridized carbons (Fsp3) is 0.273. The Hall–Kier alpha value is -0.202. The Balaban J connectivity index is 0.00000311. The minimum Gasteiger partial charge on any atom is -0.491 e. The summed E-state index contributed by atoms with van der Waals surface area (Å²) in [5.74, 6) is 3.64. The molecular weight excluding hydrogens is 848 g/mol. The second-order valence-corrected chi connectivity index (χ2v) is 9.71. The van der Waals surface area contributed by atoms with Gasteiger partial charge in [-0.25, -0.2) is 0 Å². The van der Waals surface area contributed by atoms with Gasteiger partial charge >= 0.3 is 0 Å². The van der Waals surface area contributed by atoms with E-state index >= 15 is 0 Å². The van der Waals surface area contributed by atoms with Gasteiger partial charge in [-0.1, -0.05) is 0 Å². The van der Waals surface area contributed by atoms with Crippen LogP contribution in [0.4, 0.5) is 0 Å². The zero-order valence-electron chi connectivity index (χ0n) is 16.8. The van der Waals surface area contributed by atoms with E-state index in [0.717, 1.165) is 29.0 Å². The average molecular weight is 869 g/mol. The normalized spacial score (nSPS) is 11.8. The molecule has 2 atom stereocenters. The number of carbonyl (C=O) groups excluding carboxylic acids is 1. The predicted molar refractivity (Wildman–Crippen MR) is 135 cm³/mol. The minimum absolute atomic E-state index is 0. The molecule has 32 heavy (non-hydrogen) atoms. The molecule has 5 nitrogen and oxygen atoms in total. The van der Waals surface area contributed by atoms with E-state index < -0.39 is 12.2 Å². The second-order valence-electron chi connectivity index (χ2n) is 6.29. The van der Waals surface area contributed by atoms with Crippen LogP contribution in [-0.4, -0.2) is 42.4 Å². The third-order valence-corrected chi connectivity index (χ3v) is 6.07. The molecule has 2 aromatic rings. The summed E-state index contributed by atoms with van der Waals surface area (Å²) in [7, 11) is 0. The van der Waals surface area contributed by atoms with E-state index in [1.807, 2.05) is 31.1 Å². The maximum atomic E-state index is 9.75. The first kappa shape index (κ1) is 31.8. The Bertz CT molecular complexity index is 872. The second kappa shape index (κ2) is 16.4. The van der Waals surface area contributed by atoms with Crippen molar-refractivity contribution >= 4 is 70.5 Å². The first-order valence-corrected chi connectivity index (χ1v) is 12.0. The van der Waals surface area contributed by atoms with Gasteiger partial charge in [-0.2, -0.15) is 0 Å². The van der Waals surface area contributed by atoms with Crippen LogP contribution < -0.4 is 9.47 Å². The summed E-state index contributed by atoms with van der Waals surface area (Å²) in [6.45, 7) is 5.72. The van der Waals surface area contributed by atoms with E-state index in [9.17, 15) is 10.2 Å². The van der Waals surface area contributed by atoms with Crippen molar-refractivity contribution in [3.63, 3.8) is 0 Å². The van der Waals surface area contributed by atoms with Crippen molar-refractivity contribution in [1.29, 1.82) is 0 Å². The summed E-state index contributed by atoms with van der Waals surface area (Å²) in [4.78, 5) is 8.00. The number of aliphatic hydroxyl groups excluding tert-OH is 2. The number of benzene rings is 2. The van der Waals surface area contributed by atoms with Crippen molar-refractivity contribution in [2.75, 3.05) is 13.2 Å². The van der Waals surface area contributed by atoms with Gasteiger partial charge in [0, 0.05) is 27.5 Å². The van der Waals surface area contributed by atoms with E-state index in [0.29, 0.717) is 17.9 Å². The van der Waals surface area contributed by atoms with Crippen molar-refractivity contribution in [3.8, 4) is 23.8 Å². The van der Waals surface area contributed by atoms with Crippen LogP contribution in [0, 0.1) is 19.3 Å². The van der Waals surface area contributed by atoms with E-state index in [1.54, 1.807) is 0 Å². The van der Waals surface area contributed by atoms with Crippen molar-refractivity contribution in [1.82, 2.24) is 0 Å². The standard InChI is InChI=1S/C21H19Br4O4.CH2O.W/c1-3-4-15(27)11-29-21-18(24)8-14(9-19(21)25)5-13-6-16(22)20(17(23)7-13)28-10-12(2)26;1-2;/h1,6-9,12,15,26-27H,2,4-5,10-11H2;1H2;/q-1;;. The van der Waals surface area contributed by atoms with Crippen molar-refractivity contribution in [3.05, 3.63) is 60.2 Å². The van der Waals surface area contributed by atoms with Crippen LogP contribution in [0.1, 0.15) is 17.5 Å². The number of aliphatic hydroxyl groups is 2. The summed E-state index contributed by atoms with van der Waals surface area (Å²) in [5, 5.41) is 19.1. The number of ether oxygens (including phenoxy) is 2. The minimum atomic E-state index is -0.795. The van der Waals surface area contributed by atoms with Crippen LogP contribution in [0.3, 0.4) is 0 Å². The van der Waals surface area contributed by atoms with Crippen LogP contribution in [-0.2, 0) is 32.3 Å². The molecule has 0 saturated carbocycles. The number of terminal acetylenes is 1. The number of halogens is 4. The quantitative estimate of drug-likeness (QED) is 0.259. The van der Waals surface area contributed by atoms with E-state index in [4.69, 9.17) is 20.7 Å². The van der Waals surface area contributed by atoms with Crippen molar-refractivity contribution in [2.45, 2.75) is 25.0 Å². The molecule has 174 valence electrons. The summed E-state index contributed by atoms with van der Waals surface area (Å²) in [6, 6.07) is 7.88. The van der Waals surface area contributed by atoms with Crippen LogP contribution in [0.25, 0.3) is 0 Å². The third-order valence-electron chi connectivity index (χ3n) is 3.72. The van der Waals surface area contributed by atoms with E-state index in [1.165, 1.54) is 0 Å². The Morgan fingerprint density at radius 3 is 1.62 bits per heavy atom. The smallest absolute Gasteiger partial charge is 0.147 e. The number of hydrogen-bond acceptors (Lipinski definition) is 5. The molecule has 0 aliphatic rings. The molecule has 2 N–H and O–H groups in total. The molecule has 2 rings (SSSR count). The van der Waals surface area contributed by atoms with Gasteiger partial charge in [-0.05, 0) is 112 Å². The largest absolute Gasteiger partial charge is 0.491 e. The van der Waals surface area contributed by atoms with E-state index in [2.05, 4.69) is 76.6 Å². The molecule has 0 radical (unpaired) electrons. The van der Waals surface area contributed by atoms with Gasteiger partial charge in [0.1, 0.15) is 24.9 Å². The van der Waals surface area contributed by atoms with Gasteiger partial charge < -0.3 is 31.4 Å². The third kappa shape index (κ3) is 10.4. The topological polar surface area (TPSA) is 76.0 Å². The molecule has 0 aliphatic heterocycles. The van der Waals surface area contributed by atoms with Gasteiger partial charge in [0.05, 0.1) is 30.6 Å². The molecule has 0 saturated heterocycles. The average Bonchev–Trinajstić information content (AvgIpc) is 2.68. The first-order chi connectivity index (χ1) is 14.7. The van der Waals surface area contributed by atoms with E-state index in [-0.39, 0.29) is 40.7 Å². The predicted octanol–water partition coefficient (Wildman–Crippen LogP) is 5.48. The molecule has 0 aromatic heterocycles. The molecule has 2 unspecified atom stereocenters. The molecule has 0 heterocycles. The van der Waals surface area contributed by atoms with Crippen LogP contribution in [0.2, 0.25) is 0 Å². The molecule has 0 bridgehead atoms. The van der Waals surface area contributed by atoms with Gasteiger partial charge in [0.2, 0.25) is 0 Å². The SMILES string of the molecule is C#CCC(O)COc1c(Br)cc(Cc2cc(Br)c(OCC([CH2-])O)c(Br)c2)cc1Br.C=O.[W].